The number of hydrogen-bond donors (Lipinski definition) is 2. The van der Waals surface area contributed by atoms with E-state index >= 15 is 0 Å². The lowest BCUT2D eigenvalue weighted by Gasteiger charge is -2.12. The van der Waals surface area contributed by atoms with E-state index < -0.39 is 0 Å². The number of aliphatic imine (C=N–C) groups is 1. The highest BCUT2D eigenvalue weighted by atomic mass is 127. The summed E-state index contributed by atoms with van der Waals surface area (Å²) in [5.41, 5.74) is 0. The summed E-state index contributed by atoms with van der Waals surface area (Å²) < 4.78 is 7.36. The summed E-state index contributed by atoms with van der Waals surface area (Å²) in [6.07, 6.45) is 5.37. The molecule has 0 spiro atoms. The van der Waals surface area contributed by atoms with Gasteiger partial charge in [0.1, 0.15) is 12.2 Å². The summed E-state index contributed by atoms with van der Waals surface area (Å²) in [5.74, 6) is 1.79. The minimum absolute atomic E-state index is 0. The molecule has 7 nitrogen and oxygen atoms in total. The molecule has 0 amide bonds. The maximum atomic E-state index is 5.31. The molecule has 23 heavy (non-hydrogen) atoms. The third-order valence-corrected chi connectivity index (χ3v) is 2.99. The van der Waals surface area contributed by atoms with E-state index in [4.69, 9.17) is 4.74 Å². The molecule has 0 fully saturated rings. The van der Waals surface area contributed by atoms with Gasteiger partial charge in [-0.2, -0.15) is 0 Å². The van der Waals surface area contributed by atoms with Gasteiger partial charge in [0.05, 0.1) is 0 Å². The number of halogens is 1. The molecule has 0 radical (unpaired) electrons. The van der Waals surface area contributed by atoms with Gasteiger partial charge >= 0.3 is 0 Å². The minimum atomic E-state index is 0. The standard InChI is InChI=1S/C15H28N6O.HI/c1-4-8-16-15(17-9-7-12-22-6-3)18-10-11-21-13-19-20-14(21)5-2;/h4,13H,1,5-12H2,2-3H3,(H2,16,17,18);1H. The SMILES string of the molecule is C=CCNC(=NCCCOCC)NCCn1cnnc1CC.I. The van der Waals surface area contributed by atoms with Gasteiger partial charge < -0.3 is 19.9 Å². The Hall–Kier alpha value is -1.16. The number of aryl methyl sites for hydroxylation is 1. The van der Waals surface area contributed by atoms with Gasteiger partial charge in [0.15, 0.2) is 5.96 Å². The zero-order valence-electron chi connectivity index (χ0n) is 14.1. The molecule has 1 aromatic heterocycles. The number of guanidine groups is 1. The van der Waals surface area contributed by atoms with Crippen LogP contribution < -0.4 is 10.6 Å². The second-order valence-corrected chi connectivity index (χ2v) is 4.67. The van der Waals surface area contributed by atoms with E-state index in [2.05, 4.69) is 39.3 Å². The molecule has 0 aliphatic heterocycles. The topological polar surface area (TPSA) is 76.4 Å². The normalized spacial score (nSPS) is 11.0. The van der Waals surface area contributed by atoms with E-state index in [9.17, 15) is 0 Å². The van der Waals surface area contributed by atoms with Crippen LogP contribution in [0.15, 0.2) is 24.0 Å². The molecular weight excluding hydrogens is 407 g/mol. The fraction of sp³-hybridized carbons (Fsp3) is 0.667. The van der Waals surface area contributed by atoms with Crippen LogP contribution in [0.1, 0.15) is 26.1 Å². The van der Waals surface area contributed by atoms with Crippen molar-refractivity contribution in [3.63, 3.8) is 0 Å². The Kier molecular flexibility index (Phi) is 13.7. The molecule has 1 rings (SSSR count). The van der Waals surface area contributed by atoms with Crippen LogP contribution in [0.2, 0.25) is 0 Å². The number of ether oxygens (including phenoxy) is 1. The van der Waals surface area contributed by atoms with Crippen LogP contribution in [0.5, 0.6) is 0 Å². The molecule has 8 heteroatoms. The molecule has 0 aromatic carbocycles. The van der Waals surface area contributed by atoms with Gasteiger partial charge in [-0.3, -0.25) is 4.99 Å². The van der Waals surface area contributed by atoms with Crippen LogP contribution in [0, 0.1) is 0 Å². The Morgan fingerprint density at radius 1 is 1.43 bits per heavy atom. The van der Waals surface area contributed by atoms with Gasteiger partial charge in [0.2, 0.25) is 0 Å². The number of hydrogen-bond acceptors (Lipinski definition) is 4. The van der Waals surface area contributed by atoms with Crippen molar-refractivity contribution in [2.24, 2.45) is 4.99 Å². The first-order chi connectivity index (χ1) is 10.8. The van der Waals surface area contributed by atoms with E-state index in [-0.39, 0.29) is 24.0 Å². The average Bonchev–Trinajstić information content (AvgIpc) is 2.99. The molecule has 0 aliphatic carbocycles. The second-order valence-electron chi connectivity index (χ2n) is 4.67. The van der Waals surface area contributed by atoms with Gasteiger partial charge in [-0.15, -0.1) is 40.8 Å². The lowest BCUT2D eigenvalue weighted by atomic mass is 10.4. The van der Waals surface area contributed by atoms with Gasteiger partial charge in [0.25, 0.3) is 0 Å². The number of rotatable bonds is 11. The first-order valence-electron chi connectivity index (χ1n) is 7.89. The lowest BCUT2D eigenvalue weighted by Crippen LogP contribution is -2.39. The van der Waals surface area contributed by atoms with Crippen LogP contribution in [0.25, 0.3) is 0 Å². The predicted octanol–water partition coefficient (Wildman–Crippen LogP) is 1.61. The summed E-state index contributed by atoms with van der Waals surface area (Å²) in [4.78, 5) is 4.52. The van der Waals surface area contributed by atoms with Crippen molar-refractivity contribution in [1.82, 2.24) is 25.4 Å². The maximum absolute atomic E-state index is 5.31. The first kappa shape index (κ1) is 21.8. The second kappa shape index (κ2) is 14.4. The summed E-state index contributed by atoms with van der Waals surface area (Å²) in [7, 11) is 0. The Balaban J connectivity index is 0.00000484. The van der Waals surface area contributed by atoms with Gasteiger partial charge in [-0.25, -0.2) is 0 Å². The fourth-order valence-electron chi connectivity index (χ4n) is 1.88. The van der Waals surface area contributed by atoms with Crippen molar-refractivity contribution in [2.45, 2.75) is 33.2 Å². The molecule has 0 saturated heterocycles. The fourth-order valence-corrected chi connectivity index (χ4v) is 1.88. The lowest BCUT2D eigenvalue weighted by molar-refractivity contribution is 0.146. The highest BCUT2D eigenvalue weighted by molar-refractivity contribution is 14.0. The van der Waals surface area contributed by atoms with Crippen LogP contribution >= 0.6 is 24.0 Å². The third kappa shape index (κ3) is 9.54. The summed E-state index contributed by atoms with van der Waals surface area (Å²) in [5, 5.41) is 14.5. The predicted molar refractivity (Wildman–Crippen MR) is 104 cm³/mol. The molecule has 1 heterocycles. The molecule has 1 aromatic rings. The molecule has 0 saturated carbocycles. The molecule has 2 N–H and O–H groups in total. The van der Waals surface area contributed by atoms with Gasteiger partial charge in [0, 0.05) is 45.8 Å². The molecule has 132 valence electrons. The van der Waals surface area contributed by atoms with E-state index in [1.54, 1.807) is 6.33 Å². The first-order valence-corrected chi connectivity index (χ1v) is 7.89. The summed E-state index contributed by atoms with van der Waals surface area (Å²) >= 11 is 0. The smallest absolute Gasteiger partial charge is 0.191 e. The summed E-state index contributed by atoms with van der Waals surface area (Å²) in [6.45, 7) is 12.3. The minimum Gasteiger partial charge on any atom is -0.382 e. The monoisotopic (exact) mass is 436 g/mol. The maximum Gasteiger partial charge on any atom is 0.191 e. The van der Waals surface area contributed by atoms with E-state index in [1.807, 2.05) is 17.6 Å². The Labute approximate surface area is 156 Å². The number of aromatic nitrogens is 3. The molecule has 0 aliphatic rings. The van der Waals surface area contributed by atoms with Gasteiger partial charge in [-0.1, -0.05) is 13.0 Å². The highest BCUT2D eigenvalue weighted by Crippen LogP contribution is 1.94. The van der Waals surface area contributed by atoms with Crippen molar-refractivity contribution < 1.29 is 4.74 Å². The third-order valence-electron chi connectivity index (χ3n) is 2.99. The quantitative estimate of drug-likeness (QED) is 0.181. The Bertz CT molecular complexity index is 449. The number of nitrogens with one attached hydrogen (secondary N) is 2. The van der Waals surface area contributed by atoms with Crippen molar-refractivity contribution in [1.29, 1.82) is 0 Å². The van der Waals surface area contributed by atoms with Crippen LogP contribution in [0.4, 0.5) is 0 Å². The van der Waals surface area contributed by atoms with Crippen molar-refractivity contribution in [3.05, 3.63) is 24.8 Å². The van der Waals surface area contributed by atoms with E-state index in [0.29, 0.717) is 6.54 Å². The zero-order chi connectivity index (χ0) is 16.0. The van der Waals surface area contributed by atoms with Crippen LogP contribution in [-0.4, -0.2) is 53.6 Å². The van der Waals surface area contributed by atoms with Crippen molar-refractivity contribution in [2.75, 3.05) is 32.8 Å². The average molecular weight is 436 g/mol. The Morgan fingerprint density at radius 2 is 2.26 bits per heavy atom. The molecule has 0 atom stereocenters. The number of nitrogens with zero attached hydrogens (tertiary/aromatic N) is 4. The van der Waals surface area contributed by atoms with Gasteiger partial charge in [-0.05, 0) is 13.3 Å². The van der Waals surface area contributed by atoms with E-state index in [1.165, 1.54) is 0 Å². The highest BCUT2D eigenvalue weighted by Gasteiger charge is 2.02. The Morgan fingerprint density at radius 3 is 2.96 bits per heavy atom. The molecule has 0 bridgehead atoms. The molecule has 0 unspecified atom stereocenters. The largest absolute Gasteiger partial charge is 0.382 e. The van der Waals surface area contributed by atoms with Crippen LogP contribution in [-0.2, 0) is 17.7 Å². The van der Waals surface area contributed by atoms with E-state index in [0.717, 1.165) is 57.5 Å². The van der Waals surface area contributed by atoms with Crippen molar-refractivity contribution >= 4 is 29.9 Å². The zero-order valence-corrected chi connectivity index (χ0v) is 16.5. The summed E-state index contributed by atoms with van der Waals surface area (Å²) in [6, 6.07) is 0. The molecular formula is C15H29IN6O. The van der Waals surface area contributed by atoms with Crippen LogP contribution in [0.3, 0.4) is 0 Å². The van der Waals surface area contributed by atoms with Crippen molar-refractivity contribution in [3.8, 4) is 0 Å².